The van der Waals surface area contributed by atoms with Crippen molar-refractivity contribution in [2.24, 2.45) is 0 Å². The van der Waals surface area contributed by atoms with Crippen LogP contribution in [-0.2, 0) is 6.54 Å². The predicted octanol–water partition coefficient (Wildman–Crippen LogP) is 4.93. The van der Waals surface area contributed by atoms with Crippen LogP contribution < -0.4 is 15.1 Å². The zero-order chi connectivity index (χ0) is 21.9. The minimum absolute atomic E-state index is 0.247. The van der Waals surface area contributed by atoms with E-state index in [1.54, 1.807) is 12.1 Å². The van der Waals surface area contributed by atoms with Gasteiger partial charge in [0.2, 0.25) is 5.95 Å². The zero-order valence-electron chi connectivity index (χ0n) is 17.6. The molecule has 3 aromatic carbocycles. The molecule has 7 heteroatoms. The molecule has 0 aliphatic carbocycles. The van der Waals surface area contributed by atoms with Crippen molar-refractivity contribution in [2.45, 2.75) is 6.54 Å². The first kappa shape index (κ1) is 20.4. The van der Waals surface area contributed by atoms with Gasteiger partial charge in [0.05, 0.1) is 11.2 Å². The summed E-state index contributed by atoms with van der Waals surface area (Å²) in [6.07, 6.45) is 0. The van der Waals surface area contributed by atoms with E-state index in [1.165, 1.54) is 5.56 Å². The molecule has 162 valence electrons. The Morgan fingerprint density at radius 3 is 2.38 bits per heavy atom. The highest BCUT2D eigenvalue weighted by atomic mass is 35.5. The van der Waals surface area contributed by atoms with Gasteiger partial charge in [0.15, 0.2) is 0 Å². The Labute approximate surface area is 192 Å². The summed E-state index contributed by atoms with van der Waals surface area (Å²) in [5, 5.41) is 15.4. The smallest absolute Gasteiger partial charge is 0.228 e. The molecule has 4 aromatic rings. The van der Waals surface area contributed by atoms with Crippen molar-refractivity contribution in [3.63, 3.8) is 0 Å². The fourth-order valence-electron chi connectivity index (χ4n) is 4.02. The first-order valence-corrected chi connectivity index (χ1v) is 11.1. The first-order valence-electron chi connectivity index (χ1n) is 10.7. The predicted molar refractivity (Wildman–Crippen MR) is 131 cm³/mol. The van der Waals surface area contributed by atoms with E-state index in [1.807, 2.05) is 48.5 Å². The fourth-order valence-corrected chi connectivity index (χ4v) is 4.19. The summed E-state index contributed by atoms with van der Waals surface area (Å²) in [5.74, 6) is 1.80. The van der Waals surface area contributed by atoms with Crippen LogP contribution in [0.5, 0.6) is 5.75 Å². The van der Waals surface area contributed by atoms with Crippen molar-refractivity contribution in [1.82, 2.24) is 9.97 Å². The van der Waals surface area contributed by atoms with E-state index in [2.05, 4.69) is 27.2 Å². The maximum Gasteiger partial charge on any atom is 0.228 e. The molecule has 0 unspecified atom stereocenters. The third-order valence-corrected chi connectivity index (χ3v) is 5.97. The van der Waals surface area contributed by atoms with Crippen molar-refractivity contribution in [3.8, 4) is 5.75 Å². The largest absolute Gasteiger partial charge is 0.506 e. The van der Waals surface area contributed by atoms with E-state index >= 15 is 0 Å². The first-order chi connectivity index (χ1) is 15.7. The number of benzene rings is 3. The fraction of sp³-hybridized carbons (Fsp3) is 0.200. The normalized spacial score (nSPS) is 14.0. The van der Waals surface area contributed by atoms with Gasteiger partial charge in [-0.2, -0.15) is 4.98 Å². The standard InChI is InChI=1S/C25H24ClN5O/c26-19-10-11-23(32)22(16-19)30-12-14-31(15-13-30)25-28-21-9-5-4-8-20(21)24(29-25)27-17-18-6-2-1-3-7-18/h1-11,16,32H,12-15,17H2,(H,27,28,29). The van der Waals surface area contributed by atoms with Gasteiger partial charge in [-0.05, 0) is 35.9 Å². The van der Waals surface area contributed by atoms with Crippen LogP contribution in [0.25, 0.3) is 10.9 Å². The molecule has 0 radical (unpaired) electrons. The molecule has 2 heterocycles. The molecular formula is C25H24ClN5O. The number of hydrogen-bond acceptors (Lipinski definition) is 6. The molecule has 1 aliphatic rings. The summed E-state index contributed by atoms with van der Waals surface area (Å²) in [6, 6.07) is 23.5. The quantitative estimate of drug-likeness (QED) is 0.454. The van der Waals surface area contributed by atoms with Gasteiger partial charge in [0.25, 0.3) is 0 Å². The van der Waals surface area contributed by atoms with Crippen LogP contribution in [0.2, 0.25) is 5.02 Å². The highest BCUT2D eigenvalue weighted by Gasteiger charge is 2.22. The number of halogens is 1. The van der Waals surface area contributed by atoms with Crippen LogP contribution in [0, 0.1) is 0 Å². The Morgan fingerprint density at radius 2 is 1.56 bits per heavy atom. The minimum atomic E-state index is 0.247. The Balaban J connectivity index is 1.37. The van der Waals surface area contributed by atoms with Crippen LogP contribution in [-0.4, -0.2) is 41.3 Å². The Hall–Kier alpha value is -3.51. The Morgan fingerprint density at radius 1 is 0.844 bits per heavy atom. The number of hydrogen-bond donors (Lipinski definition) is 2. The molecule has 1 saturated heterocycles. The van der Waals surface area contributed by atoms with Gasteiger partial charge in [-0.3, -0.25) is 0 Å². The van der Waals surface area contributed by atoms with Crippen molar-refractivity contribution in [3.05, 3.63) is 83.4 Å². The number of aromatic nitrogens is 2. The van der Waals surface area contributed by atoms with Gasteiger partial charge in [0.1, 0.15) is 11.6 Å². The lowest BCUT2D eigenvalue weighted by molar-refractivity contribution is 0.472. The van der Waals surface area contributed by atoms with E-state index < -0.39 is 0 Å². The second-order valence-electron chi connectivity index (χ2n) is 7.84. The van der Waals surface area contributed by atoms with Crippen molar-refractivity contribution < 1.29 is 5.11 Å². The average Bonchev–Trinajstić information content (AvgIpc) is 2.84. The molecule has 0 amide bonds. The van der Waals surface area contributed by atoms with Crippen LogP contribution >= 0.6 is 11.6 Å². The average molecular weight is 446 g/mol. The second kappa shape index (κ2) is 8.93. The summed E-state index contributed by atoms with van der Waals surface area (Å²) in [4.78, 5) is 14.1. The Bertz CT molecular complexity index is 1230. The van der Waals surface area contributed by atoms with Crippen LogP contribution in [0.4, 0.5) is 17.5 Å². The lowest BCUT2D eigenvalue weighted by Crippen LogP contribution is -2.47. The maximum absolute atomic E-state index is 10.2. The molecule has 0 spiro atoms. The molecule has 0 bridgehead atoms. The highest BCUT2D eigenvalue weighted by molar-refractivity contribution is 6.30. The van der Waals surface area contributed by atoms with E-state index in [0.717, 1.165) is 48.6 Å². The lowest BCUT2D eigenvalue weighted by atomic mass is 10.2. The summed E-state index contributed by atoms with van der Waals surface area (Å²) in [7, 11) is 0. The molecular weight excluding hydrogens is 422 g/mol. The van der Waals surface area contributed by atoms with Crippen LogP contribution in [0.1, 0.15) is 5.56 Å². The lowest BCUT2D eigenvalue weighted by Gasteiger charge is -2.36. The molecule has 2 N–H and O–H groups in total. The highest BCUT2D eigenvalue weighted by Crippen LogP contribution is 2.31. The number of rotatable bonds is 5. The van der Waals surface area contributed by atoms with Crippen molar-refractivity contribution in [1.29, 1.82) is 0 Å². The third kappa shape index (κ3) is 4.27. The van der Waals surface area contributed by atoms with Gasteiger partial charge in [0, 0.05) is 43.1 Å². The number of aromatic hydroxyl groups is 1. The summed E-state index contributed by atoms with van der Waals surface area (Å²) < 4.78 is 0. The molecule has 0 atom stereocenters. The zero-order valence-corrected chi connectivity index (χ0v) is 18.3. The van der Waals surface area contributed by atoms with Crippen molar-refractivity contribution >= 4 is 40.0 Å². The summed E-state index contributed by atoms with van der Waals surface area (Å²) in [6.45, 7) is 3.70. The van der Waals surface area contributed by atoms with Crippen LogP contribution in [0.15, 0.2) is 72.8 Å². The topological polar surface area (TPSA) is 64.5 Å². The number of fused-ring (bicyclic) bond motifs is 1. The van der Waals surface area contributed by atoms with Gasteiger partial charge >= 0.3 is 0 Å². The van der Waals surface area contributed by atoms with E-state index in [9.17, 15) is 5.11 Å². The Kier molecular flexibility index (Phi) is 5.69. The van der Waals surface area contributed by atoms with E-state index in [4.69, 9.17) is 21.6 Å². The molecule has 5 rings (SSSR count). The van der Waals surface area contributed by atoms with Crippen molar-refractivity contribution in [2.75, 3.05) is 41.3 Å². The molecule has 1 fully saturated rings. The molecule has 1 aliphatic heterocycles. The monoisotopic (exact) mass is 445 g/mol. The number of phenolic OH excluding ortho intramolecular Hbond substituents is 1. The number of para-hydroxylation sites is 1. The van der Waals surface area contributed by atoms with Gasteiger partial charge in [-0.15, -0.1) is 0 Å². The van der Waals surface area contributed by atoms with E-state index in [0.29, 0.717) is 17.5 Å². The van der Waals surface area contributed by atoms with Gasteiger partial charge in [-0.1, -0.05) is 54.1 Å². The number of anilines is 3. The molecule has 1 aromatic heterocycles. The number of nitrogens with zero attached hydrogens (tertiary/aromatic N) is 4. The molecule has 32 heavy (non-hydrogen) atoms. The summed E-state index contributed by atoms with van der Waals surface area (Å²) in [5.41, 5.74) is 2.89. The molecule has 6 nitrogen and oxygen atoms in total. The maximum atomic E-state index is 10.2. The number of piperazine rings is 1. The third-order valence-electron chi connectivity index (χ3n) is 5.73. The second-order valence-corrected chi connectivity index (χ2v) is 8.27. The van der Waals surface area contributed by atoms with Gasteiger partial charge in [-0.25, -0.2) is 4.98 Å². The number of phenols is 1. The molecule has 0 saturated carbocycles. The van der Waals surface area contributed by atoms with E-state index in [-0.39, 0.29) is 5.75 Å². The summed E-state index contributed by atoms with van der Waals surface area (Å²) >= 11 is 6.13. The van der Waals surface area contributed by atoms with Crippen LogP contribution in [0.3, 0.4) is 0 Å². The number of nitrogens with one attached hydrogen (secondary N) is 1. The SMILES string of the molecule is Oc1ccc(Cl)cc1N1CCN(c2nc(NCc3ccccc3)c3ccccc3n2)CC1. The van der Waals surface area contributed by atoms with Gasteiger partial charge < -0.3 is 20.2 Å². The minimum Gasteiger partial charge on any atom is -0.506 e.